The molecule has 0 aliphatic carbocycles. The van der Waals surface area contributed by atoms with Crippen LogP contribution in [0.2, 0.25) is 0 Å². The van der Waals surface area contributed by atoms with Crippen LogP contribution in [0.4, 0.5) is 0 Å². The molecule has 44 valence electrons. The smallest absolute Gasteiger partial charge is 0.310 e. The van der Waals surface area contributed by atoms with E-state index >= 15 is 0 Å². The third-order valence-electron chi connectivity index (χ3n) is 0.351. The average molecular weight is 115 g/mol. The van der Waals surface area contributed by atoms with Crippen molar-refractivity contribution in [3.63, 3.8) is 0 Å². The van der Waals surface area contributed by atoms with Gasteiger partial charge in [0.25, 0.3) is 1.43 Å². The van der Waals surface area contributed by atoms with Gasteiger partial charge in [-0.1, -0.05) is 5.92 Å². The number of terminal acetylenes is 1. The maximum absolute atomic E-state index is 8.34. The molecule has 3 nitrogen and oxygen atoms in total. The normalized spacial score (nSPS) is 11.4. The van der Waals surface area contributed by atoms with Crippen molar-refractivity contribution in [3.05, 3.63) is 12.2 Å². The van der Waals surface area contributed by atoms with Crippen molar-refractivity contribution in [3.8, 4) is 12.3 Å². The van der Waals surface area contributed by atoms with Gasteiger partial charge in [-0.2, -0.15) is 0 Å². The van der Waals surface area contributed by atoms with Crippen molar-refractivity contribution in [2.45, 2.75) is 0 Å². The van der Waals surface area contributed by atoms with Crippen LogP contribution in [-0.4, -0.2) is 16.8 Å². The molecule has 0 saturated carbocycles. The summed E-state index contributed by atoms with van der Waals surface area (Å²) in [6, 6.07) is 0. The van der Waals surface area contributed by atoms with Crippen molar-refractivity contribution in [2.75, 3.05) is 6.61 Å². The molecule has 0 aromatic heterocycles. The van der Waals surface area contributed by atoms with Gasteiger partial charge in [-0.25, -0.2) is 0 Å². The van der Waals surface area contributed by atoms with Crippen molar-refractivity contribution < 1.29 is 15.0 Å². The highest BCUT2D eigenvalue weighted by Crippen LogP contribution is 1.79. The van der Waals surface area contributed by atoms with E-state index in [0.29, 0.717) is 0 Å². The highest BCUT2D eigenvalue weighted by molar-refractivity contribution is 4.84. The molecule has 0 radical (unpaired) electrons. The van der Waals surface area contributed by atoms with Crippen LogP contribution in [0.15, 0.2) is 12.2 Å². The summed E-state index contributed by atoms with van der Waals surface area (Å²) in [5.41, 5.74) is 0. The van der Waals surface area contributed by atoms with E-state index in [4.69, 9.17) is 13.0 Å². The molecule has 0 fully saturated rings. The fourth-order valence-electron chi connectivity index (χ4n) is 0.161. The van der Waals surface area contributed by atoms with Crippen molar-refractivity contribution in [1.29, 1.82) is 1.43 Å². The number of hydrogen-bond donors (Lipinski definition) is 2. The van der Waals surface area contributed by atoms with Crippen LogP contribution in [0.5, 0.6) is 0 Å². The molecule has 0 aromatic carbocycles. The van der Waals surface area contributed by atoms with Crippen molar-refractivity contribution in [1.82, 2.24) is 0 Å². The van der Waals surface area contributed by atoms with Gasteiger partial charge in [-0.3, -0.25) is 0 Å². The second-order valence-corrected chi connectivity index (χ2v) is 0.971. The fourth-order valence-corrected chi connectivity index (χ4v) is 0.161. The topological polar surface area (TPSA) is 49.7 Å². The molecule has 0 heterocycles. The zero-order valence-corrected chi connectivity index (χ0v) is 4.13. The first-order valence-corrected chi connectivity index (χ1v) is 1.88. The summed E-state index contributed by atoms with van der Waals surface area (Å²) in [6.45, 7) is 0.0490. The number of rotatable bonds is 3. The number of ether oxygens (including phenoxy) is 1. The Morgan fingerprint density at radius 3 is 3.38 bits per heavy atom. The Labute approximate surface area is 48.7 Å². The molecule has 0 bridgehead atoms. The van der Waals surface area contributed by atoms with Crippen molar-refractivity contribution >= 4 is 0 Å². The predicted molar refractivity (Wildman–Crippen MR) is 28.1 cm³/mol. The minimum atomic E-state index is -0.620. The lowest BCUT2D eigenvalue weighted by atomic mass is 10.7. The van der Waals surface area contributed by atoms with E-state index in [-0.39, 0.29) is 6.61 Å². The third kappa shape index (κ3) is 4.70. The van der Waals surface area contributed by atoms with Gasteiger partial charge in [-0.15, -0.1) is 6.42 Å². The van der Waals surface area contributed by atoms with E-state index < -0.39 is 5.95 Å². The molecule has 8 heavy (non-hydrogen) atoms. The first-order valence-electron chi connectivity index (χ1n) is 2.29. The Hall–Kier alpha value is -1.30. The van der Waals surface area contributed by atoms with Crippen LogP contribution in [0.25, 0.3) is 1.43 Å². The Morgan fingerprint density at radius 1 is 2.12 bits per heavy atom. The Morgan fingerprint density at radius 2 is 2.88 bits per heavy atom. The number of hydrogen-bond acceptors (Lipinski definition) is 3. The Kier molecular flexibility index (Phi) is 2.35. The van der Waals surface area contributed by atoms with E-state index in [0.717, 1.165) is 6.26 Å². The SMILES string of the molecule is [2H]O/C(O)=C/OCC#C. The molecule has 0 amide bonds. The van der Waals surface area contributed by atoms with E-state index in [1.807, 2.05) is 0 Å². The lowest BCUT2D eigenvalue weighted by Crippen LogP contribution is -1.83. The molecule has 0 aromatic rings. The summed E-state index contributed by atoms with van der Waals surface area (Å²) < 4.78 is 10.5. The Balaban J connectivity index is 3.35. The molecule has 0 spiro atoms. The van der Waals surface area contributed by atoms with Gasteiger partial charge in [0.1, 0.15) is 6.61 Å². The van der Waals surface area contributed by atoms with Crippen LogP contribution in [-0.2, 0) is 4.74 Å². The summed E-state index contributed by atoms with van der Waals surface area (Å²) in [7, 11) is 0. The standard InChI is InChI=1S/C5H6O3/c1-2-3-8-4-5(6)7/h1,4,6-7H,3H2/i/hD. The van der Waals surface area contributed by atoms with Gasteiger partial charge < -0.3 is 15.0 Å². The minimum Gasteiger partial charge on any atom is -0.481 e. The van der Waals surface area contributed by atoms with Gasteiger partial charge in [0, 0.05) is 0 Å². The quantitative estimate of drug-likeness (QED) is 0.321. The Bertz CT molecular complexity index is 136. The largest absolute Gasteiger partial charge is 0.481 e. The van der Waals surface area contributed by atoms with Gasteiger partial charge in [0.05, 0.1) is 0 Å². The summed E-state index contributed by atoms with van der Waals surface area (Å²) in [6.07, 6.45) is 5.64. The van der Waals surface area contributed by atoms with E-state index in [1.165, 1.54) is 0 Å². The lowest BCUT2D eigenvalue weighted by Gasteiger charge is -1.89. The van der Waals surface area contributed by atoms with Crippen LogP contribution in [0.3, 0.4) is 0 Å². The summed E-state index contributed by atoms with van der Waals surface area (Å²) in [4.78, 5) is 0. The summed E-state index contributed by atoms with van der Waals surface area (Å²) in [5, 5.41) is 11.9. The number of aliphatic hydroxyl groups is 2. The van der Waals surface area contributed by atoms with Gasteiger partial charge in [0.15, 0.2) is 6.26 Å². The highest BCUT2D eigenvalue weighted by atomic mass is 16.5. The second-order valence-electron chi connectivity index (χ2n) is 0.971. The van der Waals surface area contributed by atoms with E-state index in [1.54, 1.807) is 0 Å². The molecule has 0 unspecified atom stereocenters. The van der Waals surface area contributed by atoms with E-state index in [2.05, 4.69) is 15.8 Å². The minimum absolute atomic E-state index is 0.0490. The summed E-state index contributed by atoms with van der Waals surface area (Å²) >= 11 is 0. The average Bonchev–Trinajstić information content (AvgIpc) is 1.89. The fraction of sp³-hybridized carbons (Fsp3) is 0.200. The van der Waals surface area contributed by atoms with Gasteiger partial charge in [0.2, 0.25) is 0 Å². The monoisotopic (exact) mass is 115 g/mol. The maximum Gasteiger partial charge on any atom is 0.310 e. The zero-order valence-electron chi connectivity index (χ0n) is 5.13. The molecule has 0 rings (SSSR count). The molecule has 0 aliphatic heterocycles. The molecule has 0 atom stereocenters. The van der Waals surface area contributed by atoms with Crippen LogP contribution >= 0.6 is 0 Å². The second kappa shape index (κ2) is 3.88. The lowest BCUT2D eigenvalue weighted by molar-refractivity contribution is 0.156. The molecular formula is C5H6O3. The number of aliphatic hydroxyl groups excluding tert-OH is 1. The van der Waals surface area contributed by atoms with Crippen LogP contribution in [0, 0.1) is 12.3 Å². The van der Waals surface area contributed by atoms with Crippen molar-refractivity contribution in [2.24, 2.45) is 0 Å². The molecule has 0 saturated heterocycles. The van der Waals surface area contributed by atoms with Crippen LogP contribution in [0.1, 0.15) is 0 Å². The van der Waals surface area contributed by atoms with Gasteiger partial charge >= 0.3 is 5.95 Å². The first-order chi connectivity index (χ1) is 4.31. The molecule has 0 aliphatic rings. The summed E-state index contributed by atoms with van der Waals surface area (Å²) in [5.74, 6) is 1.53. The predicted octanol–water partition coefficient (Wildman–Crippen LogP) is 0.551. The molecular weight excluding hydrogens is 108 g/mol. The third-order valence-corrected chi connectivity index (χ3v) is 0.351. The maximum atomic E-state index is 8.34. The first kappa shape index (κ1) is 4.85. The molecule has 2 N–H and O–H groups in total. The van der Waals surface area contributed by atoms with Crippen LogP contribution < -0.4 is 0 Å². The van der Waals surface area contributed by atoms with E-state index in [9.17, 15) is 0 Å². The zero-order chi connectivity index (χ0) is 7.11. The molecule has 3 heteroatoms. The highest BCUT2D eigenvalue weighted by Gasteiger charge is 1.79. The van der Waals surface area contributed by atoms with Gasteiger partial charge in [-0.05, 0) is 0 Å².